The predicted molar refractivity (Wildman–Crippen MR) is 326 cm³/mol. The number of nitrogens with two attached hydrogens (primary N) is 2. The van der Waals surface area contributed by atoms with Crippen LogP contribution in [0.3, 0.4) is 0 Å². The summed E-state index contributed by atoms with van der Waals surface area (Å²) in [4.78, 5) is 41.7. The summed E-state index contributed by atoms with van der Waals surface area (Å²) in [7, 11) is -2.50. The first-order valence-corrected chi connectivity index (χ1v) is 36.7. The average molecular weight is 1180 g/mol. The van der Waals surface area contributed by atoms with Crippen molar-refractivity contribution in [2.45, 2.75) is 170 Å². The molecule has 0 aliphatic carbocycles. The molecule has 76 heavy (non-hydrogen) atoms. The Morgan fingerprint density at radius 3 is 1.59 bits per heavy atom. The molecule has 4 aromatic rings. The monoisotopic (exact) mass is 1180 g/mol. The zero-order valence-corrected chi connectivity index (χ0v) is 53.1. The minimum absolute atomic E-state index is 0.0583. The van der Waals surface area contributed by atoms with Crippen molar-refractivity contribution in [2.24, 2.45) is 21.5 Å². The quantitative estimate of drug-likeness (QED) is 0.0566. The molecule has 2 amide bonds. The maximum Gasteiger partial charge on any atom is 0.498 e. The molecule has 0 radical (unpaired) electrons. The number of aromatic nitrogens is 4. The lowest BCUT2D eigenvalue weighted by Crippen LogP contribution is -2.41. The molecule has 0 atom stereocenters. The largest absolute Gasteiger partial charge is 0.498 e. The van der Waals surface area contributed by atoms with Crippen molar-refractivity contribution in [3.63, 3.8) is 0 Å². The highest BCUT2D eigenvalue weighted by Gasteiger charge is 2.52. The number of carbonyl (C=O) groups is 2. The maximum absolute atomic E-state index is 13.2. The molecule has 3 aliphatic heterocycles. The maximum atomic E-state index is 13.2. The Hall–Kier alpha value is -4.00. The van der Waals surface area contributed by atoms with Crippen LogP contribution in [0.1, 0.15) is 104 Å². The van der Waals surface area contributed by atoms with Crippen LogP contribution in [0, 0.1) is 0 Å². The first-order valence-electron chi connectivity index (χ1n) is 26.9. The van der Waals surface area contributed by atoms with E-state index in [2.05, 4.69) is 131 Å². The van der Waals surface area contributed by atoms with Crippen LogP contribution in [0.4, 0.5) is 11.4 Å². The smallest absolute Gasteiger partial charge is 0.399 e. The Bertz CT molecular complexity index is 2650. The van der Waals surface area contributed by atoms with Crippen molar-refractivity contribution in [1.82, 2.24) is 29.4 Å². The number of carbonyl (C=O) groups excluding carboxylic acids is 2. The van der Waals surface area contributed by atoms with E-state index in [1.165, 1.54) is 6.04 Å². The van der Waals surface area contributed by atoms with Crippen molar-refractivity contribution in [2.75, 3.05) is 39.4 Å². The fraction of sp³-hybridized carbons (Fsp3) is 0.593. The summed E-state index contributed by atoms with van der Waals surface area (Å²) in [6, 6.07) is 6.27. The summed E-state index contributed by atoms with van der Waals surface area (Å²) >= 11 is 6.64. The van der Waals surface area contributed by atoms with Crippen LogP contribution >= 0.6 is 38.6 Å². The molecule has 1 fully saturated rings. The Balaban J connectivity index is 0.000000219. The van der Waals surface area contributed by atoms with Gasteiger partial charge in [-0.25, -0.2) is 19.3 Å². The number of aliphatic imine (C=N–C) groups is 2. The topological polar surface area (TPSA) is 190 Å². The van der Waals surface area contributed by atoms with Crippen LogP contribution in [0.5, 0.6) is 0 Å². The third-order valence-electron chi connectivity index (χ3n) is 13.0. The summed E-state index contributed by atoms with van der Waals surface area (Å²) in [5.74, 6) is 1.10. The zero-order valence-electron chi connectivity index (χ0n) is 47.9. The van der Waals surface area contributed by atoms with Crippen LogP contribution in [0.25, 0.3) is 22.6 Å². The van der Waals surface area contributed by atoms with E-state index in [9.17, 15) is 9.59 Å². The van der Waals surface area contributed by atoms with Gasteiger partial charge in [0.05, 0.1) is 42.3 Å². The number of nitrogens with zero attached hydrogens (tertiary/aromatic N) is 8. The second-order valence-electron chi connectivity index (χ2n) is 23.0. The summed E-state index contributed by atoms with van der Waals surface area (Å²) in [6.07, 6.45) is 16.1. The van der Waals surface area contributed by atoms with Gasteiger partial charge in [-0.05, 0) is 106 Å². The van der Waals surface area contributed by atoms with Gasteiger partial charge in [0.2, 0.25) is 11.8 Å². The molecule has 0 spiro atoms. The molecule has 0 unspecified atom stereocenters. The number of hydrogen-bond acceptors (Lipinski definition) is 14. The molecule has 22 heteroatoms. The summed E-state index contributed by atoms with van der Waals surface area (Å²) in [5.41, 5.74) is 16.5. The van der Waals surface area contributed by atoms with Gasteiger partial charge in [-0.3, -0.25) is 9.59 Å². The highest BCUT2D eigenvalue weighted by Crippen LogP contribution is 2.41. The van der Waals surface area contributed by atoms with E-state index in [1.807, 2.05) is 57.4 Å². The van der Waals surface area contributed by atoms with Crippen molar-refractivity contribution in [3.8, 4) is 10.4 Å². The molecule has 3 aliphatic rings. The van der Waals surface area contributed by atoms with E-state index in [-0.39, 0.29) is 30.1 Å². The van der Waals surface area contributed by atoms with Gasteiger partial charge in [0.1, 0.15) is 25.1 Å². The molecular weight excluding hydrogens is 1100 g/mol. The van der Waals surface area contributed by atoms with Gasteiger partial charge < -0.3 is 40.0 Å². The van der Waals surface area contributed by atoms with Crippen molar-refractivity contribution < 1.29 is 28.4 Å². The van der Waals surface area contributed by atoms with Crippen LogP contribution in [-0.4, -0.2) is 127 Å². The number of thiophene rings is 2. The number of ether oxygens (including phenoxy) is 2. The summed E-state index contributed by atoms with van der Waals surface area (Å²) in [5, 5.41) is 8.78. The zero-order chi connectivity index (χ0) is 56.0. The minimum Gasteiger partial charge on any atom is -0.399 e. The standard InChI is InChI=1S/C24H37N5O2SSi.C15H29BN2O3Si.C15H20BrN3OS/c1-6-8-28(9-7-2)24(30)18-12-22-20(27-23(25)13-18)14-21(32-22)19-15-26-29(16-19)17-31-10-11-33(3,4)5;1-14(2)15(3,4)21-16(20-14)13-10-17-18(11-13)12-19-8-9-22(5,6)7;1-3-5-19(6-4-2)15(20)10-7-12-11(9-13(16)21-12)18-14(17)8-10/h12,14-16H,6-11,13,17H2,1-5H3,(H2,25,27);10-11H,8-9,12H2,1-7H3;7,9H,3-6,8H2,1-2H3,(H2,17,18). The van der Waals surface area contributed by atoms with Crippen LogP contribution in [0.15, 0.2) is 61.8 Å². The molecule has 16 nitrogen and oxygen atoms in total. The molecule has 0 aromatic carbocycles. The summed E-state index contributed by atoms with van der Waals surface area (Å²) in [6.45, 7) is 36.2. The van der Waals surface area contributed by atoms with Crippen molar-refractivity contribution in [1.29, 1.82) is 0 Å². The van der Waals surface area contributed by atoms with Gasteiger partial charge in [0, 0.05) is 114 Å². The number of amidine groups is 2. The third-order valence-corrected chi connectivity index (χ3v) is 19.1. The van der Waals surface area contributed by atoms with Crippen LogP contribution < -0.4 is 16.9 Å². The molecular formula is C54H86BBrN10O6S2Si2. The lowest BCUT2D eigenvalue weighted by Gasteiger charge is -2.32. The third kappa shape index (κ3) is 18.8. The van der Waals surface area contributed by atoms with Gasteiger partial charge in [0.15, 0.2) is 0 Å². The van der Waals surface area contributed by atoms with E-state index in [4.69, 9.17) is 30.2 Å². The van der Waals surface area contributed by atoms with Gasteiger partial charge in [-0.2, -0.15) is 10.2 Å². The highest BCUT2D eigenvalue weighted by molar-refractivity contribution is 9.11. The number of hydrogen-bond donors (Lipinski definition) is 2. The van der Waals surface area contributed by atoms with E-state index in [0.29, 0.717) is 43.5 Å². The molecule has 7 heterocycles. The van der Waals surface area contributed by atoms with Gasteiger partial charge >= 0.3 is 7.12 Å². The number of rotatable bonds is 22. The Labute approximate surface area is 472 Å². The molecule has 0 bridgehead atoms. The van der Waals surface area contributed by atoms with Crippen LogP contribution in [0.2, 0.25) is 51.4 Å². The SMILES string of the molecule is CC1(C)OB(c2cnn(COCC[Si](C)(C)C)c2)OC1(C)C.CCCN(CCC)C(=O)C1=Cc2sc(-c3cnn(COCC[Si](C)(C)C)c3)cc2N=C(N)C1.CCCN(CCC)C(=O)C1=Cc2sc(Br)cc2N=C(N)C1. The predicted octanol–water partition coefficient (Wildman–Crippen LogP) is 11.8. The number of amides is 2. The molecule has 7 rings (SSSR count). The van der Waals surface area contributed by atoms with Gasteiger partial charge in [-0.15, -0.1) is 22.7 Å². The van der Waals surface area contributed by atoms with Gasteiger partial charge in [0.25, 0.3) is 0 Å². The van der Waals surface area contributed by atoms with E-state index in [1.54, 1.807) is 33.6 Å². The van der Waals surface area contributed by atoms with E-state index >= 15 is 0 Å². The lowest BCUT2D eigenvalue weighted by molar-refractivity contribution is -0.128. The Morgan fingerprint density at radius 2 is 1.13 bits per heavy atom. The first kappa shape index (κ1) is 62.8. The fourth-order valence-corrected chi connectivity index (χ4v) is 12.1. The summed E-state index contributed by atoms with van der Waals surface area (Å²) < 4.78 is 28.2. The molecule has 1 saturated heterocycles. The normalized spacial score (nSPS) is 15.9. The second kappa shape index (κ2) is 28.2. The minimum atomic E-state index is -1.10. The molecule has 418 valence electrons. The Kier molecular flexibility index (Phi) is 23.3. The van der Waals surface area contributed by atoms with Crippen molar-refractivity contribution >= 4 is 114 Å². The number of halogens is 1. The van der Waals surface area contributed by atoms with Gasteiger partial charge in [-0.1, -0.05) is 67.0 Å². The molecule has 4 aromatic heterocycles. The first-order chi connectivity index (χ1) is 35.7. The van der Waals surface area contributed by atoms with E-state index < -0.39 is 16.1 Å². The van der Waals surface area contributed by atoms with E-state index in [0.717, 1.165) is 118 Å². The highest BCUT2D eigenvalue weighted by atomic mass is 79.9. The fourth-order valence-electron chi connectivity index (χ4n) is 8.06. The van der Waals surface area contributed by atoms with Crippen molar-refractivity contribution in [3.05, 3.63) is 61.6 Å². The van der Waals surface area contributed by atoms with Crippen LogP contribution in [-0.2, 0) is 41.8 Å². The second-order valence-corrected chi connectivity index (χ2v) is 37.8. The molecule has 4 N–H and O–H groups in total. The molecule has 0 saturated carbocycles. The Morgan fingerprint density at radius 1 is 0.697 bits per heavy atom. The number of fused-ring (bicyclic) bond motifs is 2. The lowest BCUT2D eigenvalue weighted by atomic mass is 9.82. The average Bonchev–Trinajstić information content (AvgIpc) is 4.15.